The lowest BCUT2D eigenvalue weighted by Gasteiger charge is -2.26. The van der Waals surface area contributed by atoms with E-state index in [1.165, 1.54) is 25.7 Å². The molecule has 0 unspecified atom stereocenters. The van der Waals surface area contributed by atoms with Crippen LogP contribution in [0.1, 0.15) is 61.6 Å². The molecular weight excluding hydrogens is 314 g/mol. The van der Waals surface area contributed by atoms with Gasteiger partial charge in [-0.2, -0.15) is 5.10 Å². The van der Waals surface area contributed by atoms with Gasteiger partial charge in [-0.25, -0.2) is 9.50 Å². The van der Waals surface area contributed by atoms with Crippen LogP contribution in [-0.2, 0) is 0 Å². The minimum Gasteiger partial charge on any atom is -0.355 e. The number of rotatable bonds is 3. The van der Waals surface area contributed by atoms with Crippen LogP contribution in [0.25, 0.3) is 5.52 Å². The predicted octanol–water partition coefficient (Wildman–Crippen LogP) is 2.95. The van der Waals surface area contributed by atoms with Gasteiger partial charge in [-0.15, -0.1) is 0 Å². The molecule has 0 aromatic carbocycles. The first-order valence-corrected chi connectivity index (χ1v) is 9.53. The Bertz CT molecular complexity index is 769. The van der Waals surface area contributed by atoms with E-state index in [-0.39, 0.29) is 11.9 Å². The van der Waals surface area contributed by atoms with Crippen molar-refractivity contribution in [2.45, 2.75) is 58.4 Å². The van der Waals surface area contributed by atoms with Gasteiger partial charge in [0.15, 0.2) is 11.5 Å². The number of aromatic nitrogens is 3. The average Bonchev–Trinajstić information content (AvgIpc) is 3.25. The summed E-state index contributed by atoms with van der Waals surface area (Å²) in [7, 11) is 0. The normalized spacial score (nSPS) is 24.0. The second-order valence-electron chi connectivity index (χ2n) is 7.69. The Labute approximate surface area is 148 Å². The fourth-order valence-electron chi connectivity index (χ4n) is 4.03. The third-order valence-corrected chi connectivity index (χ3v) is 5.55. The van der Waals surface area contributed by atoms with Gasteiger partial charge in [0, 0.05) is 25.2 Å². The number of anilines is 1. The highest BCUT2D eigenvalue weighted by atomic mass is 16.2. The van der Waals surface area contributed by atoms with Crippen LogP contribution in [0.4, 0.5) is 5.82 Å². The van der Waals surface area contributed by atoms with E-state index in [9.17, 15) is 4.79 Å². The molecule has 2 aromatic heterocycles. The molecule has 25 heavy (non-hydrogen) atoms. The van der Waals surface area contributed by atoms with Crippen LogP contribution in [-0.4, -0.2) is 39.6 Å². The topological polar surface area (TPSA) is 62.5 Å². The molecule has 2 aliphatic rings. The fourth-order valence-corrected chi connectivity index (χ4v) is 4.03. The van der Waals surface area contributed by atoms with E-state index in [1.807, 2.05) is 23.7 Å². The highest BCUT2D eigenvalue weighted by molar-refractivity contribution is 5.94. The molecule has 1 aliphatic heterocycles. The van der Waals surface area contributed by atoms with Crippen LogP contribution in [0.15, 0.2) is 12.3 Å². The summed E-state index contributed by atoms with van der Waals surface area (Å²) in [5.41, 5.74) is 2.34. The van der Waals surface area contributed by atoms with Gasteiger partial charge in [-0.05, 0) is 51.4 Å². The number of nitrogens with zero attached hydrogens (tertiary/aromatic N) is 4. The van der Waals surface area contributed by atoms with E-state index in [1.54, 1.807) is 0 Å². The van der Waals surface area contributed by atoms with Crippen molar-refractivity contribution in [3.05, 3.63) is 23.7 Å². The first kappa shape index (κ1) is 16.4. The first-order chi connectivity index (χ1) is 12.1. The Morgan fingerprint density at radius 2 is 1.92 bits per heavy atom. The molecule has 3 heterocycles. The van der Waals surface area contributed by atoms with Gasteiger partial charge >= 0.3 is 0 Å². The van der Waals surface area contributed by atoms with Crippen LogP contribution >= 0.6 is 0 Å². The van der Waals surface area contributed by atoms with Crippen molar-refractivity contribution in [3.63, 3.8) is 0 Å². The highest BCUT2D eigenvalue weighted by Gasteiger charge is 2.23. The van der Waals surface area contributed by atoms with Gasteiger partial charge < -0.3 is 10.2 Å². The van der Waals surface area contributed by atoms with Gasteiger partial charge in [0.05, 0.1) is 11.9 Å². The number of amides is 1. The molecule has 2 aromatic rings. The molecule has 0 radical (unpaired) electrons. The summed E-state index contributed by atoms with van der Waals surface area (Å²) in [5.74, 6) is 1.67. The Morgan fingerprint density at radius 3 is 2.64 bits per heavy atom. The smallest absolute Gasteiger partial charge is 0.272 e. The van der Waals surface area contributed by atoms with E-state index in [2.05, 4.69) is 22.2 Å². The van der Waals surface area contributed by atoms with E-state index >= 15 is 0 Å². The van der Waals surface area contributed by atoms with Crippen molar-refractivity contribution in [2.75, 3.05) is 18.0 Å². The van der Waals surface area contributed by atoms with Crippen molar-refractivity contribution >= 4 is 17.2 Å². The van der Waals surface area contributed by atoms with Crippen molar-refractivity contribution in [2.24, 2.45) is 5.92 Å². The lowest BCUT2D eigenvalue weighted by Crippen LogP contribution is -2.37. The van der Waals surface area contributed by atoms with Crippen LogP contribution in [0.2, 0.25) is 0 Å². The van der Waals surface area contributed by atoms with Crippen molar-refractivity contribution < 1.29 is 4.79 Å². The minimum absolute atomic E-state index is 0.0618. The molecule has 0 bridgehead atoms. The van der Waals surface area contributed by atoms with Gasteiger partial charge in [-0.1, -0.05) is 6.92 Å². The summed E-state index contributed by atoms with van der Waals surface area (Å²) in [5, 5.41) is 7.70. The van der Waals surface area contributed by atoms with Crippen molar-refractivity contribution in [1.29, 1.82) is 0 Å². The Balaban J connectivity index is 1.58. The summed E-state index contributed by atoms with van der Waals surface area (Å²) >= 11 is 0. The highest BCUT2D eigenvalue weighted by Crippen LogP contribution is 2.26. The summed E-state index contributed by atoms with van der Waals surface area (Å²) in [6.07, 6.45) is 8.82. The van der Waals surface area contributed by atoms with Crippen LogP contribution in [0.5, 0.6) is 0 Å². The molecule has 6 nitrogen and oxygen atoms in total. The van der Waals surface area contributed by atoms with E-state index < -0.39 is 0 Å². The molecule has 1 saturated heterocycles. The first-order valence-electron chi connectivity index (χ1n) is 9.53. The van der Waals surface area contributed by atoms with Crippen molar-refractivity contribution in [1.82, 2.24) is 19.9 Å². The second kappa shape index (κ2) is 6.65. The largest absolute Gasteiger partial charge is 0.355 e. The van der Waals surface area contributed by atoms with Crippen molar-refractivity contribution in [3.8, 4) is 0 Å². The van der Waals surface area contributed by atoms with Crippen LogP contribution < -0.4 is 10.2 Å². The maximum atomic E-state index is 12.7. The predicted molar refractivity (Wildman–Crippen MR) is 98.1 cm³/mol. The van der Waals surface area contributed by atoms with Gasteiger partial charge in [0.2, 0.25) is 0 Å². The number of aryl methyl sites for hydroxylation is 1. The Hall–Kier alpha value is -2.11. The molecule has 2 fully saturated rings. The van der Waals surface area contributed by atoms with Gasteiger partial charge in [-0.3, -0.25) is 4.79 Å². The zero-order valence-electron chi connectivity index (χ0n) is 15.2. The number of fused-ring (bicyclic) bond motifs is 1. The molecule has 1 aliphatic carbocycles. The maximum absolute atomic E-state index is 12.7. The lowest BCUT2D eigenvalue weighted by atomic mass is 9.87. The molecule has 6 heteroatoms. The second-order valence-corrected chi connectivity index (χ2v) is 7.69. The van der Waals surface area contributed by atoms with E-state index in [0.29, 0.717) is 5.69 Å². The standard InChI is InChI=1S/C19H27N5O/c1-13-5-7-15(8-6-13)21-19(25)16-11-17-18(23-9-3-4-10-23)20-14(2)12-24(17)22-16/h11-13,15H,3-10H2,1-2H3,(H,21,25). The third kappa shape index (κ3) is 3.34. The van der Waals surface area contributed by atoms with Crippen LogP contribution in [0, 0.1) is 12.8 Å². The maximum Gasteiger partial charge on any atom is 0.272 e. The van der Waals surface area contributed by atoms with Gasteiger partial charge in [0.25, 0.3) is 5.91 Å². The number of carbonyl (C=O) groups is 1. The monoisotopic (exact) mass is 341 g/mol. The number of hydrogen-bond acceptors (Lipinski definition) is 4. The zero-order valence-corrected chi connectivity index (χ0v) is 15.2. The molecule has 0 atom stereocenters. The summed E-state index contributed by atoms with van der Waals surface area (Å²) < 4.78 is 1.81. The molecule has 1 N–H and O–H groups in total. The Kier molecular flexibility index (Phi) is 4.36. The summed E-state index contributed by atoms with van der Waals surface area (Å²) in [4.78, 5) is 19.7. The number of nitrogens with one attached hydrogen (secondary N) is 1. The van der Waals surface area contributed by atoms with E-state index in [4.69, 9.17) is 4.98 Å². The quantitative estimate of drug-likeness (QED) is 0.932. The zero-order chi connectivity index (χ0) is 17.4. The minimum atomic E-state index is -0.0618. The summed E-state index contributed by atoms with van der Waals surface area (Å²) in [6, 6.07) is 2.17. The summed E-state index contributed by atoms with van der Waals surface area (Å²) in [6.45, 7) is 6.32. The van der Waals surface area contributed by atoms with Gasteiger partial charge in [0.1, 0.15) is 5.52 Å². The van der Waals surface area contributed by atoms with Crippen LogP contribution in [0.3, 0.4) is 0 Å². The third-order valence-electron chi connectivity index (χ3n) is 5.55. The average molecular weight is 341 g/mol. The molecule has 4 rings (SSSR count). The fraction of sp³-hybridized carbons (Fsp3) is 0.632. The molecule has 1 saturated carbocycles. The lowest BCUT2D eigenvalue weighted by molar-refractivity contribution is 0.0917. The molecule has 0 spiro atoms. The SMILES string of the molecule is Cc1cn2nc(C(=O)NC3CCC(C)CC3)cc2c(N2CCCC2)n1. The molecule has 1 amide bonds. The number of hydrogen-bond donors (Lipinski definition) is 1. The molecule has 134 valence electrons. The molecular formula is C19H27N5O. The van der Waals surface area contributed by atoms with E-state index in [0.717, 1.165) is 48.9 Å². The Morgan fingerprint density at radius 1 is 1.20 bits per heavy atom. The number of carbonyl (C=O) groups excluding carboxylic acids is 1.